The molecule has 1 saturated heterocycles. The van der Waals surface area contributed by atoms with Gasteiger partial charge in [0.1, 0.15) is 9.98 Å². The highest BCUT2D eigenvalue weighted by atomic mass is 35.5. The maximum atomic E-state index is 12.3. The molecule has 0 bridgehead atoms. The first-order valence-electron chi connectivity index (χ1n) is 9.71. The first-order valence-corrected chi connectivity index (χ1v) is 11.9. The minimum atomic E-state index is 0.177. The van der Waals surface area contributed by atoms with E-state index in [0.29, 0.717) is 27.4 Å². The number of fused-ring (bicyclic) bond motifs is 3. The van der Waals surface area contributed by atoms with Crippen molar-refractivity contribution >= 4 is 50.8 Å². The fraction of sp³-hybridized carbons (Fsp3) is 0.650. The average Bonchev–Trinajstić information content (AvgIpc) is 3.25. The van der Waals surface area contributed by atoms with Crippen LogP contribution in [0.5, 0.6) is 0 Å². The molecule has 2 aromatic rings. The zero-order valence-electron chi connectivity index (χ0n) is 16.2. The van der Waals surface area contributed by atoms with Crippen molar-refractivity contribution in [2.75, 3.05) is 18.8 Å². The van der Waals surface area contributed by atoms with Crippen LogP contribution in [0.4, 0.5) is 0 Å². The van der Waals surface area contributed by atoms with Crippen molar-refractivity contribution in [3.8, 4) is 0 Å². The van der Waals surface area contributed by atoms with Crippen molar-refractivity contribution < 1.29 is 4.79 Å². The number of aromatic nitrogens is 2. The van der Waals surface area contributed by atoms with Crippen LogP contribution < -0.4 is 0 Å². The van der Waals surface area contributed by atoms with Crippen LogP contribution in [0.2, 0.25) is 5.15 Å². The second kappa shape index (κ2) is 7.53. The van der Waals surface area contributed by atoms with E-state index in [1.54, 1.807) is 11.3 Å². The van der Waals surface area contributed by atoms with Crippen LogP contribution in [0.3, 0.4) is 0 Å². The van der Waals surface area contributed by atoms with Crippen LogP contribution in [0, 0.1) is 11.3 Å². The number of aryl methyl sites for hydroxylation is 1. The Labute approximate surface area is 174 Å². The zero-order valence-corrected chi connectivity index (χ0v) is 18.6. The molecule has 4 nitrogen and oxygen atoms in total. The minimum Gasteiger partial charge on any atom is -0.342 e. The summed E-state index contributed by atoms with van der Waals surface area (Å²) in [6, 6.07) is 0. The summed E-state index contributed by atoms with van der Waals surface area (Å²) >= 11 is 9.72. The minimum absolute atomic E-state index is 0.177. The molecule has 2 aromatic heterocycles. The van der Waals surface area contributed by atoms with E-state index in [0.717, 1.165) is 49.0 Å². The summed E-state index contributed by atoms with van der Waals surface area (Å²) in [5, 5.41) is 2.20. The van der Waals surface area contributed by atoms with Gasteiger partial charge in [-0.15, -0.1) is 11.3 Å². The average molecular weight is 424 g/mol. The van der Waals surface area contributed by atoms with Crippen LogP contribution in [0.15, 0.2) is 5.16 Å². The van der Waals surface area contributed by atoms with Crippen molar-refractivity contribution in [2.24, 2.45) is 11.3 Å². The van der Waals surface area contributed by atoms with Gasteiger partial charge in [0.2, 0.25) is 5.91 Å². The molecule has 0 radical (unpaired) electrons. The highest BCUT2D eigenvalue weighted by Gasteiger charge is 2.31. The number of thioether (sulfide) groups is 1. The predicted molar refractivity (Wildman–Crippen MR) is 114 cm³/mol. The Kier molecular flexibility index (Phi) is 5.43. The topological polar surface area (TPSA) is 46.1 Å². The van der Waals surface area contributed by atoms with Gasteiger partial charge in [0, 0.05) is 18.0 Å². The number of carbonyl (C=O) groups is 1. The van der Waals surface area contributed by atoms with Gasteiger partial charge in [-0.2, -0.15) is 0 Å². The summed E-state index contributed by atoms with van der Waals surface area (Å²) < 4.78 is 0. The van der Waals surface area contributed by atoms with Gasteiger partial charge >= 0.3 is 0 Å². The van der Waals surface area contributed by atoms with Crippen LogP contribution in [0.1, 0.15) is 50.5 Å². The summed E-state index contributed by atoms with van der Waals surface area (Å²) in [5.41, 5.74) is 1.67. The highest BCUT2D eigenvalue weighted by molar-refractivity contribution is 7.99. The molecule has 2 aliphatic rings. The Morgan fingerprint density at radius 2 is 2.04 bits per heavy atom. The lowest BCUT2D eigenvalue weighted by atomic mass is 9.72. The molecular formula is C20H26ClN3OS2. The van der Waals surface area contributed by atoms with Gasteiger partial charge in [0.25, 0.3) is 0 Å². The van der Waals surface area contributed by atoms with Gasteiger partial charge in [0.05, 0.1) is 11.1 Å². The van der Waals surface area contributed by atoms with Gasteiger partial charge in [-0.1, -0.05) is 44.1 Å². The maximum Gasteiger partial charge on any atom is 0.233 e. The van der Waals surface area contributed by atoms with E-state index in [2.05, 4.69) is 25.8 Å². The van der Waals surface area contributed by atoms with Crippen molar-refractivity contribution in [3.63, 3.8) is 0 Å². The molecule has 0 saturated carbocycles. The quantitative estimate of drug-likeness (QED) is 0.386. The van der Waals surface area contributed by atoms with E-state index in [4.69, 9.17) is 16.6 Å². The van der Waals surface area contributed by atoms with Gasteiger partial charge in [-0.3, -0.25) is 4.79 Å². The smallest absolute Gasteiger partial charge is 0.233 e. The predicted octanol–water partition coefficient (Wildman–Crippen LogP) is 5.21. The lowest BCUT2D eigenvalue weighted by molar-refractivity contribution is -0.127. The normalized spacial score (nSPS) is 20.3. The van der Waals surface area contributed by atoms with E-state index in [-0.39, 0.29) is 5.91 Å². The second-order valence-corrected chi connectivity index (χ2v) is 11.0. The molecule has 1 aliphatic heterocycles. The number of rotatable bonds is 3. The fourth-order valence-corrected chi connectivity index (χ4v) is 6.60. The SMILES string of the molecule is CC(C)(C)C1CCc2c(sc3nc(SCC(=O)N4CCCC4)nc(Cl)c23)C1. The van der Waals surface area contributed by atoms with Crippen molar-refractivity contribution in [2.45, 2.75) is 58.0 Å². The Morgan fingerprint density at radius 3 is 2.74 bits per heavy atom. The molecule has 1 atom stereocenters. The largest absolute Gasteiger partial charge is 0.342 e. The molecule has 3 heterocycles. The van der Waals surface area contributed by atoms with Crippen molar-refractivity contribution in [1.29, 1.82) is 0 Å². The summed E-state index contributed by atoms with van der Waals surface area (Å²) in [6.07, 6.45) is 5.58. The number of hydrogen-bond donors (Lipinski definition) is 0. The Bertz CT molecular complexity index is 868. The van der Waals surface area contributed by atoms with Crippen LogP contribution >= 0.6 is 34.7 Å². The molecule has 7 heteroatoms. The van der Waals surface area contributed by atoms with E-state index in [1.807, 2.05) is 4.90 Å². The number of halogens is 1. The standard InChI is InChI=1S/C20H26ClN3OS2/c1-20(2,3)12-6-7-13-14(10-12)27-18-16(13)17(21)22-19(23-18)26-11-15(25)24-8-4-5-9-24/h12H,4-11H2,1-3H3. The Morgan fingerprint density at radius 1 is 1.30 bits per heavy atom. The molecule has 1 amide bonds. The molecule has 0 N–H and O–H groups in total. The molecule has 1 aliphatic carbocycles. The number of nitrogens with zero attached hydrogens (tertiary/aromatic N) is 3. The zero-order chi connectivity index (χ0) is 19.2. The molecule has 0 aromatic carbocycles. The van der Waals surface area contributed by atoms with E-state index >= 15 is 0 Å². The van der Waals surface area contributed by atoms with Gasteiger partial charge in [-0.05, 0) is 49.0 Å². The molecule has 146 valence electrons. The van der Waals surface area contributed by atoms with Crippen LogP contribution in [0.25, 0.3) is 10.2 Å². The number of likely N-dealkylation sites (tertiary alicyclic amines) is 1. The third-order valence-electron chi connectivity index (χ3n) is 5.85. The van der Waals surface area contributed by atoms with E-state index in [1.165, 1.54) is 28.6 Å². The third-order valence-corrected chi connectivity index (χ3v) is 8.11. The number of thiophene rings is 1. The molecule has 4 rings (SSSR count). The second-order valence-electron chi connectivity index (χ2n) is 8.66. The number of hydrogen-bond acceptors (Lipinski definition) is 5. The number of amides is 1. The summed E-state index contributed by atoms with van der Waals surface area (Å²) in [4.78, 5) is 25.8. The first kappa shape index (κ1) is 19.5. The number of carbonyl (C=O) groups excluding carboxylic acids is 1. The lowest BCUT2D eigenvalue weighted by Crippen LogP contribution is -2.29. The molecule has 27 heavy (non-hydrogen) atoms. The summed E-state index contributed by atoms with van der Waals surface area (Å²) in [5.74, 6) is 1.26. The molecular weight excluding hydrogens is 398 g/mol. The molecule has 1 unspecified atom stereocenters. The monoisotopic (exact) mass is 423 g/mol. The molecule has 1 fully saturated rings. The van der Waals surface area contributed by atoms with Crippen molar-refractivity contribution in [1.82, 2.24) is 14.9 Å². The van der Waals surface area contributed by atoms with Gasteiger partial charge in [0.15, 0.2) is 5.16 Å². The third kappa shape index (κ3) is 3.99. The fourth-order valence-electron chi connectivity index (χ4n) is 4.10. The summed E-state index contributed by atoms with van der Waals surface area (Å²) in [6.45, 7) is 8.75. The summed E-state index contributed by atoms with van der Waals surface area (Å²) in [7, 11) is 0. The molecule has 0 spiro atoms. The van der Waals surface area contributed by atoms with E-state index in [9.17, 15) is 4.79 Å². The Balaban J connectivity index is 1.54. The lowest BCUT2D eigenvalue weighted by Gasteiger charge is -2.33. The van der Waals surface area contributed by atoms with E-state index < -0.39 is 0 Å². The van der Waals surface area contributed by atoms with Gasteiger partial charge in [-0.25, -0.2) is 9.97 Å². The Hall–Kier alpha value is -0.850. The van der Waals surface area contributed by atoms with Crippen LogP contribution in [-0.4, -0.2) is 39.6 Å². The van der Waals surface area contributed by atoms with Crippen molar-refractivity contribution in [3.05, 3.63) is 15.6 Å². The first-order chi connectivity index (χ1) is 12.8. The maximum absolute atomic E-state index is 12.3. The highest BCUT2D eigenvalue weighted by Crippen LogP contribution is 2.44. The van der Waals surface area contributed by atoms with Gasteiger partial charge < -0.3 is 4.90 Å². The van der Waals surface area contributed by atoms with Crippen LogP contribution in [-0.2, 0) is 17.6 Å².